The number of fused-ring (bicyclic) bond motifs is 1. The average Bonchev–Trinajstić information content (AvgIpc) is 3.35. The van der Waals surface area contributed by atoms with E-state index in [2.05, 4.69) is 20.3 Å². The number of nitrogens with one attached hydrogen (secondary N) is 1. The molecule has 0 radical (unpaired) electrons. The van der Waals surface area contributed by atoms with Crippen LogP contribution in [0.1, 0.15) is 36.2 Å². The second kappa shape index (κ2) is 10.5. The van der Waals surface area contributed by atoms with Crippen molar-refractivity contribution in [2.75, 3.05) is 18.4 Å². The lowest BCUT2D eigenvalue weighted by molar-refractivity contribution is -0.122. The fourth-order valence-electron chi connectivity index (χ4n) is 4.67. The number of hydrogen-bond donors (Lipinski definition) is 4. The Bertz CT molecular complexity index is 1700. The summed E-state index contributed by atoms with van der Waals surface area (Å²) in [5.74, 6) is -2.14. The van der Waals surface area contributed by atoms with Gasteiger partial charge in [0.15, 0.2) is 0 Å². The Balaban J connectivity index is 1.44. The summed E-state index contributed by atoms with van der Waals surface area (Å²) >= 11 is 0. The first-order valence-electron chi connectivity index (χ1n) is 12.8. The van der Waals surface area contributed by atoms with Crippen molar-refractivity contribution in [1.82, 2.24) is 19.9 Å². The minimum atomic E-state index is -1.22. The number of pyridine rings is 1. The first-order chi connectivity index (χ1) is 19.5. The minimum Gasteiger partial charge on any atom is -0.402 e. The highest BCUT2D eigenvalue weighted by atomic mass is 19.1. The molecule has 210 valence electrons. The Morgan fingerprint density at radius 3 is 2.32 bits per heavy atom. The molecule has 1 aliphatic rings. The molecule has 1 saturated heterocycles. The molecule has 5 rings (SSSR count). The Labute approximate surface area is 234 Å². The van der Waals surface area contributed by atoms with E-state index in [9.17, 15) is 18.4 Å². The van der Waals surface area contributed by atoms with Crippen molar-refractivity contribution in [2.45, 2.75) is 25.8 Å². The summed E-state index contributed by atoms with van der Waals surface area (Å²) < 4.78 is 29.1. The van der Waals surface area contributed by atoms with E-state index >= 15 is 0 Å². The third kappa shape index (κ3) is 5.29. The maximum atomic E-state index is 14.6. The van der Waals surface area contributed by atoms with Crippen LogP contribution in [0.5, 0.6) is 0 Å². The standard InChI is InChI=1S/C29H28F2N8O2/c1-15(16(2)32)19-12-22(24-20(30)4-3-5-21(24)31)37-23-13-35-28(38-25(19)23)36-18-8-6-17(7-9-18)26(40)39-11-10-29(34,14-39)27(33)41/h3-9,12-13H,10-11,14,32,34H2,1-2H3,(H2,33,41)(H,35,36,38)/b16-15-. The summed E-state index contributed by atoms with van der Waals surface area (Å²) in [7, 11) is 0. The number of anilines is 2. The number of carbonyl (C=O) groups excluding carboxylic acids is 2. The van der Waals surface area contributed by atoms with Gasteiger partial charge in [0.25, 0.3) is 5.91 Å². The number of hydrogen-bond acceptors (Lipinski definition) is 8. The molecule has 12 heteroatoms. The Morgan fingerprint density at radius 1 is 1.02 bits per heavy atom. The van der Waals surface area contributed by atoms with E-state index in [1.807, 2.05) is 0 Å². The van der Waals surface area contributed by atoms with Crippen molar-refractivity contribution in [3.63, 3.8) is 0 Å². The van der Waals surface area contributed by atoms with Crippen LogP contribution in [0.3, 0.4) is 0 Å². The molecule has 0 aliphatic carbocycles. The molecule has 7 N–H and O–H groups in total. The van der Waals surface area contributed by atoms with Crippen molar-refractivity contribution < 1.29 is 18.4 Å². The molecular formula is C29H28F2N8O2. The van der Waals surface area contributed by atoms with Gasteiger partial charge in [0.1, 0.15) is 28.2 Å². The summed E-state index contributed by atoms with van der Waals surface area (Å²) in [6.45, 7) is 3.90. The third-order valence-electron chi connectivity index (χ3n) is 7.23. The van der Waals surface area contributed by atoms with E-state index in [0.29, 0.717) is 52.1 Å². The molecule has 1 atom stereocenters. The number of carbonyl (C=O) groups is 2. The topological polar surface area (TPSA) is 166 Å². The normalized spacial score (nSPS) is 17.4. The lowest BCUT2D eigenvalue weighted by Crippen LogP contribution is -2.54. The van der Waals surface area contributed by atoms with Crippen LogP contribution in [0.2, 0.25) is 0 Å². The summed E-state index contributed by atoms with van der Waals surface area (Å²) in [5.41, 5.74) is 19.6. The van der Waals surface area contributed by atoms with Crippen molar-refractivity contribution in [3.8, 4) is 11.3 Å². The molecular weight excluding hydrogens is 530 g/mol. The van der Waals surface area contributed by atoms with Crippen LogP contribution < -0.4 is 22.5 Å². The van der Waals surface area contributed by atoms with E-state index in [1.165, 1.54) is 29.3 Å². The number of allylic oxidation sites excluding steroid dienone is 2. The van der Waals surface area contributed by atoms with Crippen LogP contribution in [0, 0.1) is 11.6 Å². The first kappa shape index (κ1) is 27.6. The van der Waals surface area contributed by atoms with E-state index in [0.717, 1.165) is 0 Å². The predicted molar refractivity (Wildman–Crippen MR) is 151 cm³/mol. The number of benzene rings is 2. The molecule has 3 heterocycles. The van der Waals surface area contributed by atoms with Gasteiger partial charge in [0, 0.05) is 35.6 Å². The fraction of sp³-hybridized carbons (Fsp3) is 0.207. The van der Waals surface area contributed by atoms with Gasteiger partial charge < -0.3 is 27.4 Å². The predicted octanol–water partition coefficient (Wildman–Crippen LogP) is 3.45. The van der Waals surface area contributed by atoms with Gasteiger partial charge in [-0.05, 0) is 68.3 Å². The quantitative estimate of drug-likeness (QED) is 0.279. The second-order valence-electron chi connectivity index (χ2n) is 10.1. The van der Waals surface area contributed by atoms with Crippen molar-refractivity contribution in [2.24, 2.45) is 17.2 Å². The number of amides is 2. The van der Waals surface area contributed by atoms with Crippen LogP contribution in [-0.4, -0.2) is 50.3 Å². The number of aromatic nitrogens is 3. The molecule has 1 fully saturated rings. The minimum absolute atomic E-state index is 0.0594. The molecule has 1 aliphatic heterocycles. The maximum absolute atomic E-state index is 14.6. The number of primary amides is 1. The van der Waals surface area contributed by atoms with Crippen LogP contribution >= 0.6 is 0 Å². The van der Waals surface area contributed by atoms with Gasteiger partial charge in [0.05, 0.1) is 17.5 Å². The van der Waals surface area contributed by atoms with Crippen molar-refractivity contribution >= 4 is 40.1 Å². The summed E-state index contributed by atoms with van der Waals surface area (Å²) in [5, 5.41) is 3.10. The first-order valence-corrected chi connectivity index (χ1v) is 12.8. The Kier molecular flexibility index (Phi) is 7.09. The van der Waals surface area contributed by atoms with Gasteiger partial charge in [-0.15, -0.1) is 0 Å². The smallest absolute Gasteiger partial charge is 0.253 e. The molecule has 1 unspecified atom stereocenters. The summed E-state index contributed by atoms with van der Waals surface area (Å²) in [6, 6.07) is 11.8. The lowest BCUT2D eigenvalue weighted by atomic mass is 10.00. The van der Waals surface area contributed by atoms with E-state index in [1.54, 1.807) is 44.2 Å². The average molecular weight is 559 g/mol. The maximum Gasteiger partial charge on any atom is 0.253 e. The SMILES string of the molecule is C/C(N)=C(\C)c1cc(-c2c(F)cccc2F)nc2cnc(Nc3ccc(C(=O)N4CCC(N)(C(N)=O)C4)cc3)nc12. The Morgan fingerprint density at radius 2 is 1.71 bits per heavy atom. The monoisotopic (exact) mass is 558 g/mol. The van der Waals surface area contributed by atoms with E-state index < -0.39 is 23.1 Å². The van der Waals surface area contributed by atoms with E-state index in [4.69, 9.17) is 17.2 Å². The van der Waals surface area contributed by atoms with Gasteiger partial charge in [-0.1, -0.05) is 6.07 Å². The van der Waals surface area contributed by atoms with Crippen LogP contribution in [0.4, 0.5) is 20.4 Å². The Hall–Kier alpha value is -4.97. The number of nitrogens with zero attached hydrogens (tertiary/aromatic N) is 4. The molecule has 0 saturated carbocycles. The zero-order chi connectivity index (χ0) is 29.5. The zero-order valence-electron chi connectivity index (χ0n) is 22.4. The number of likely N-dealkylation sites (tertiary alicyclic amines) is 1. The van der Waals surface area contributed by atoms with Gasteiger partial charge in [0.2, 0.25) is 11.9 Å². The zero-order valence-corrected chi connectivity index (χ0v) is 22.4. The molecule has 10 nitrogen and oxygen atoms in total. The lowest BCUT2D eigenvalue weighted by Gasteiger charge is -2.21. The van der Waals surface area contributed by atoms with Crippen molar-refractivity contribution in [3.05, 3.63) is 83.2 Å². The third-order valence-corrected chi connectivity index (χ3v) is 7.23. The molecule has 2 aromatic heterocycles. The van der Waals surface area contributed by atoms with Gasteiger partial charge in [-0.2, -0.15) is 0 Å². The summed E-state index contributed by atoms with van der Waals surface area (Å²) in [4.78, 5) is 39.4. The second-order valence-corrected chi connectivity index (χ2v) is 10.1. The van der Waals surface area contributed by atoms with Gasteiger partial charge in [-0.25, -0.2) is 23.7 Å². The van der Waals surface area contributed by atoms with Crippen molar-refractivity contribution in [1.29, 1.82) is 0 Å². The van der Waals surface area contributed by atoms with Crippen LogP contribution in [0.15, 0.2) is 60.4 Å². The highest BCUT2D eigenvalue weighted by Gasteiger charge is 2.41. The molecule has 0 bridgehead atoms. The highest BCUT2D eigenvalue weighted by Crippen LogP contribution is 2.32. The molecule has 2 aromatic carbocycles. The molecule has 2 amide bonds. The van der Waals surface area contributed by atoms with E-state index in [-0.39, 0.29) is 29.7 Å². The number of nitrogens with two attached hydrogens (primary N) is 3. The molecule has 4 aromatic rings. The van der Waals surface area contributed by atoms with Crippen LogP contribution in [-0.2, 0) is 4.79 Å². The largest absolute Gasteiger partial charge is 0.402 e. The number of rotatable bonds is 6. The summed E-state index contributed by atoms with van der Waals surface area (Å²) in [6.07, 6.45) is 1.76. The highest BCUT2D eigenvalue weighted by molar-refractivity contribution is 5.96. The van der Waals surface area contributed by atoms with Crippen LogP contribution in [0.25, 0.3) is 27.9 Å². The number of halogens is 2. The molecule has 0 spiro atoms. The molecule has 41 heavy (non-hydrogen) atoms. The van der Waals surface area contributed by atoms with Gasteiger partial charge in [-0.3, -0.25) is 9.59 Å². The van der Waals surface area contributed by atoms with Gasteiger partial charge >= 0.3 is 0 Å². The fourth-order valence-corrected chi connectivity index (χ4v) is 4.67.